The third kappa shape index (κ3) is 2.24. The van der Waals surface area contributed by atoms with Gasteiger partial charge in [-0.05, 0) is 13.1 Å². The van der Waals surface area contributed by atoms with E-state index in [0.717, 1.165) is 0 Å². The number of anilines is 1. The molecule has 1 aliphatic rings. The van der Waals surface area contributed by atoms with E-state index in [4.69, 9.17) is 0 Å². The number of aromatic nitrogens is 2. The molecule has 1 unspecified atom stereocenters. The van der Waals surface area contributed by atoms with Gasteiger partial charge in [-0.1, -0.05) is 12.8 Å². The number of hydrogen-bond donors (Lipinski definition) is 1. The average Bonchev–Trinajstić information content (AvgIpc) is 2.43. The van der Waals surface area contributed by atoms with Gasteiger partial charge in [-0.15, -0.1) is 6.20 Å². The summed E-state index contributed by atoms with van der Waals surface area (Å²) >= 11 is 0. The second-order valence-electron chi connectivity index (χ2n) is 2.99. The van der Waals surface area contributed by atoms with Gasteiger partial charge in [-0.25, -0.2) is 0 Å². The minimum Gasteiger partial charge on any atom is -0.454 e. The van der Waals surface area contributed by atoms with E-state index < -0.39 is 0 Å². The number of hydrogen-bond acceptors (Lipinski definition) is 4. The summed E-state index contributed by atoms with van der Waals surface area (Å²) in [6.45, 7) is 5.50. The van der Waals surface area contributed by atoms with Crippen LogP contribution in [0.2, 0.25) is 0 Å². The van der Waals surface area contributed by atoms with Crippen molar-refractivity contribution in [3.05, 3.63) is 31.0 Å². The molecule has 1 amide bonds. The molecule has 0 spiro atoms. The fraction of sp³-hybridized carbons (Fsp3) is 0.222. The molecule has 1 radical (unpaired) electrons. The largest absolute Gasteiger partial charge is 0.454 e. The molecule has 1 aromatic heterocycles. The Morgan fingerprint density at radius 2 is 2.40 bits per heavy atom. The van der Waals surface area contributed by atoms with Crippen molar-refractivity contribution >= 4 is 11.7 Å². The molecule has 2 rings (SSSR count). The standard InChI is InChI=1S/C9H9N4O.Y/c1-6-9(14)13(7(2)12-6)8-5-10-3-4-11-8;/h4-6,12H,2H2,1H3;/q-1;. The molecule has 0 aliphatic carbocycles. The maximum absolute atomic E-state index is 11.6. The van der Waals surface area contributed by atoms with Gasteiger partial charge < -0.3 is 10.3 Å². The Hall–Kier alpha value is -0.806. The molecule has 5 nitrogen and oxygen atoms in total. The minimum absolute atomic E-state index is 0. The Bertz CT molecular complexity index is 381. The Balaban J connectivity index is 0.00000112. The van der Waals surface area contributed by atoms with Gasteiger partial charge in [0.15, 0.2) is 0 Å². The molecule has 1 saturated heterocycles. The molecule has 6 heteroatoms. The smallest absolute Gasteiger partial charge is 0.254 e. The average molecular weight is 278 g/mol. The molecule has 1 aliphatic heterocycles. The summed E-state index contributed by atoms with van der Waals surface area (Å²) in [7, 11) is 0. The Morgan fingerprint density at radius 1 is 1.67 bits per heavy atom. The predicted octanol–water partition coefficient (Wildman–Crippen LogP) is 0.0702. The molecule has 0 aromatic carbocycles. The van der Waals surface area contributed by atoms with Crippen LogP contribution in [0.1, 0.15) is 6.92 Å². The molecular weight excluding hydrogens is 269 g/mol. The SMILES string of the molecule is C=C1NC(C)C(=O)N1c1cn[c-]cn1.[Y]. The van der Waals surface area contributed by atoms with Crippen molar-refractivity contribution in [3.8, 4) is 0 Å². The molecule has 0 bridgehead atoms. The summed E-state index contributed by atoms with van der Waals surface area (Å²) < 4.78 is 0. The van der Waals surface area contributed by atoms with E-state index in [9.17, 15) is 4.79 Å². The van der Waals surface area contributed by atoms with E-state index in [1.54, 1.807) is 6.92 Å². The number of amides is 1. The molecule has 0 saturated carbocycles. The van der Waals surface area contributed by atoms with Crippen molar-refractivity contribution in [2.75, 3.05) is 4.90 Å². The Morgan fingerprint density at radius 3 is 2.87 bits per heavy atom. The van der Waals surface area contributed by atoms with Crippen LogP contribution in [0.25, 0.3) is 0 Å². The number of rotatable bonds is 1. The summed E-state index contributed by atoms with van der Waals surface area (Å²) in [6.07, 6.45) is 5.44. The zero-order chi connectivity index (χ0) is 10.1. The van der Waals surface area contributed by atoms with Gasteiger partial charge in [0.25, 0.3) is 5.91 Å². The molecule has 1 fully saturated rings. The topological polar surface area (TPSA) is 58.1 Å². The van der Waals surface area contributed by atoms with Gasteiger partial charge in [0, 0.05) is 32.7 Å². The van der Waals surface area contributed by atoms with Crippen LogP contribution in [-0.2, 0) is 37.5 Å². The maximum Gasteiger partial charge on any atom is 0.254 e. The summed E-state index contributed by atoms with van der Waals surface area (Å²) in [5.41, 5.74) is 0. The number of carbonyl (C=O) groups is 1. The molecule has 1 N–H and O–H groups in total. The first-order valence-corrected chi connectivity index (χ1v) is 4.17. The fourth-order valence-corrected chi connectivity index (χ4v) is 1.33. The van der Waals surface area contributed by atoms with Crippen molar-refractivity contribution in [2.45, 2.75) is 13.0 Å². The molecule has 15 heavy (non-hydrogen) atoms. The van der Waals surface area contributed by atoms with Crippen LogP contribution in [0, 0.1) is 6.20 Å². The van der Waals surface area contributed by atoms with E-state index in [-0.39, 0.29) is 44.7 Å². The molecule has 1 atom stereocenters. The van der Waals surface area contributed by atoms with E-state index in [2.05, 4.69) is 28.1 Å². The third-order valence-electron chi connectivity index (χ3n) is 1.98. The van der Waals surface area contributed by atoms with Crippen molar-refractivity contribution < 1.29 is 37.5 Å². The van der Waals surface area contributed by atoms with Gasteiger partial charge >= 0.3 is 0 Å². The Labute approximate surface area is 113 Å². The van der Waals surface area contributed by atoms with Crippen LogP contribution in [0.5, 0.6) is 0 Å². The summed E-state index contributed by atoms with van der Waals surface area (Å²) in [6, 6.07) is -0.256. The first kappa shape index (κ1) is 12.3. The van der Waals surface area contributed by atoms with Crippen LogP contribution in [0.3, 0.4) is 0 Å². The zero-order valence-electron chi connectivity index (χ0n) is 8.27. The summed E-state index contributed by atoms with van der Waals surface area (Å²) in [5.74, 6) is 0.925. The molecule has 2 heterocycles. The van der Waals surface area contributed by atoms with E-state index >= 15 is 0 Å². The van der Waals surface area contributed by atoms with Gasteiger partial charge in [0.05, 0.1) is 5.82 Å². The fourth-order valence-electron chi connectivity index (χ4n) is 1.33. The summed E-state index contributed by atoms with van der Waals surface area (Å²) in [4.78, 5) is 20.8. The van der Waals surface area contributed by atoms with E-state index in [0.29, 0.717) is 11.6 Å². The Kier molecular flexibility index (Phi) is 3.93. The summed E-state index contributed by atoms with van der Waals surface area (Å²) in [5, 5.41) is 2.92. The number of carbonyl (C=O) groups excluding carboxylic acids is 1. The van der Waals surface area contributed by atoms with Crippen molar-refractivity contribution in [2.24, 2.45) is 0 Å². The minimum atomic E-state index is -0.256. The normalized spacial score (nSPS) is 19.8. The quantitative estimate of drug-likeness (QED) is 0.739. The van der Waals surface area contributed by atoms with Crippen LogP contribution in [-0.4, -0.2) is 21.9 Å². The number of nitrogens with one attached hydrogen (secondary N) is 1. The first-order chi connectivity index (χ1) is 6.70. The first-order valence-electron chi connectivity index (χ1n) is 4.17. The van der Waals surface area contributed by atoms with Crippen molar-refractivity contribution in [1.29, 1.82) is 0 Å². The zero-order valence-corrected chi connectivity index (χ0v) is 11.1. The van der Waals surface area contributed by atoms with E-state index in [1.165, 1.54) is 17.3 Å². The number of nitrogens with zero attached hydrogens (tertiary/aromatic N) is 3. The molecule has 1 aromatic rings. The van der Waals surface area contributed by atoms with Crippen molar-refractivity contribution in [3.63, 3.8) is 0 Å². The van der Waals surface area contributed by atoms with Crippen LogP contribution in [0.15, 0.2) is 24.8 Å². The molecule has 75 valence electrons. The second kappa shape index (κ2) is 4.81. The van der Waals surface area contributed by atoms with Crippen LogP contribution >= 0.6 is 0 Å². The van der Waals surface area contributed by atoms with Gasteiger partial charge in [-0.2, -0.15) is 0 Å². The van der Waals surface area contributed by atoms with Crippen LogP contribution < -0.4 is 10.2 Å². The van der Waals surface area contributed by atoms with Gasteiger partial charge in [0.2, 0.25) is 0 Å². The predicted molar refractivity (Wildman–Crippen MR) is 50.1 cm³/mol. The molecular formula is C9H9N4OY-. The van der Waals surface area contributed by atoms with Crippen LogP contribution in [0.4, 0.5) is 5.82 Å². The van der Waals surface area contributed by atoms with Gasteiger partial charge in [-0.3, -0.25) is 14.7 Å². The van der Waals surface area contributed by atoms with Crippen molar-refractivity contribution in [1.82, 2.24) is 15.3 Å². The maximum atomic E-state index is 11.6. The third-order valence-corrected chi connectivity index (χ3v) is 1.98. The van der Waals surface area contributed by atoms with Gasteiger partial charge in [0.1, 0.15) is 11.9 Å². The second-order valence-corrected chi connectivity index (χ2v) is 2.99. The van der Waals surface area contributed by atoms with E-state index in [1.807, 2.05) is 0 Å². The monoisotopic (exact) mass is 278 g/mol.